The van der Waals surface area contributed by atoms with Gasteiger partial charge in [0.2, 0.25) is 6.41 Å². The minimum absolute atomic E-state index is 0.735. The van der Waals surface area contributed by atoms with Crippen LogP contribution >= 0.6 is 11.3 Å². The average molecular weight is 317 g/mol. The van der Waals surface area contributed by atoms with Gasteiger partial charge in [0, 0.05) is 37.0 Å². The predicted molar refractivity (Wildman–Crippen MR) is 99.2 cm³/mol. The lowest BCUT2D eigenvalue weighted by molar-refractivity contribution is -0.105. The number of thiophene rings is 1. The van der Waals surface area contributed by atoms with Gasteiger partial charge in [0.05, 0.1) is 0 Å². The summed E-state index contributed by atoms with van der Waals surface area (Å²) in [6, 6.07) is 20.8. The molecule has 0 spiro atoms. The molecule has 0 bridgehead atoms. The molecule has 2 nitrogen and oxygen atoms in total. The van der Waals surface area contributed by atoms with Gasteiger partial charge in [-0.3, -0.25) is 4.79 Å². The summed E-state index contributed by atoms with van der Waals surface area (Å²) in [6.45, 7) is 2.12. The van der Waals surface area contributed by atoms with Gasteiger partial charge in [-0.15, -0.1) is 11.3 Å². The van der Waals surface area contributed by atoms with E-state index in [2.05, 4.69) is 54.7 Å². The van der Waals surface area contributed by atoms with E-state index < -0.39 is 0 Å². The molecule has 0 aliphatic carbocycles. The van der Waals surface area contributed by atoms with Crippen molar-refractivity contribution in [2.75, 3.05) is 5.32 Å². The molecule has 0 atom stereocenters. The van der Waals surface area contributed by atoms with Crippen LogP contribution < -0.4 is 5.32 Å². The molecule has 1 N–H and O–H groups in total. The summed E-state index contributed by atoms with van der Waals surface area (Å²) in [4.78, 5) is 10.9. The Morgan fingerprint density at radius 1 is 0.913 bits per heavy atom. The Morgan fingerprint density at radius 2 is 1.70 bits per heavy atom. The normalized spacial score (nSPS) is 11.0. The first kappa shape index (κ1) is 14.0. The van der Waals surface area contributed by atoms with Crippen LogP contribution in [-0.2, 0) is 4.79 Å². The Labute approximate surface area is 138 Å². The summed E-state index contributed by atoms with van der Waals surface area (Å²) in [5.74, 6) is 0. The third-order valence-corrected chi connectivity index (χ3v) is 5.37. The number of para-hydroxylation sites is 1. The number of carbonyl (C=O) groups is 1. The number of anilines is 1. The summed E-state index contributed by atoms with van der Waals surface area (Å²) in [5, 5.41) is 5.38. The van der Waals surface area contributed by atoms with E-state index in [1.165, 1.54) is 31.3 Å². The molecule has 4 aromatic rings. The maximum Gasteiger partial charge on any atom is 0.211 e. The van der Waals surface area contributed by atoms with E-state index in [0.717, 1.165) is 17.7 Å². The monoisotopic (exact) mass is 317 g/mol. The molecule has 0 aliphatic heterocycles. The number of fused-ring (bicyclic) bond motifs is 3. The quantitative estimate of drug-likeness (QED) is 0.490. The molecule has 0 aliphatic rings. The zero-order valence-electron chi connectivity index (χ0n) is 12.7. The van der Waals surface area contributed by atoms with Crippen LogP contribution in [0.15, 0.2) is 60.7 Å². The van der Waals surface area contributed by atoms with Crippen molar-refractivity contribution in [3.8, 4) is 11.1 Å². The van der Waals surface area contributed by atoms with E-state index in [1.807, 2.05) is 29.5 Å². The van der Waals surface area contributed by atoms with E-state index in [4.69, 9.17) is 0 Å². The van der Waals surface area contributed by atoms with Gasteiger partial charge in [0.25, 0.3) is 0 Å². The van der Waals surface area contributed by atoms with Gasteiger partial charge in [-0.1, -0.05) is 48.5 Å². The number of nitrogens with one attached hydrogen (secondary N) is 1. The summed E-state index contributed by atoms with van der Waals surface area (Å²) in [6.07, 6.45) is 0.735. The van der Waals surface area contributed by atoms with Crippen molar-refractivity contribution in [1.29, 1.82) is 0 Å². The molecule has 0 unspecified atom stereocenters. The van der Waals surface area contributed by atoms with Gasteiger partial charge < -0.3 is 5.32 Å². The van der Waals surface area contributed by atoms with Crippen LogP contribution in [0.3, 0.4) is 0 Å². The fourth-order valence-corrected chi connectivity index (χ4v) is 4.43. The van der Waals surface area contributed by atoms with Crippen LogP contribution in [0.1, 0.15) is 5.56 Å². The zero-order valence-corrected chi connectivity index (χ0v) is 13.5. The standard InChI is InChI=1S/C20H15NOS/c1-13-10-11-15-14-6-3-5-9-18(14)23-20(15)19(13)16-7-2-4-8-17(16)21-12-22/h2-12H,1H3,(H,21,22). The average Bonchev–Trinajstić information content (AvgIpc) is 2.94. The van der Waals surface area contributed by atoms with E-state index in [1.54, 1.807) is 0 Å². The molecular formula is C20H15NOS. The van der Waals surface area contributed by atoms with Gasteiger partial charge in [-0.25, -0.2) is 0 Å². The highest BCUT2D eigenvalue weighted by atomic mass is 32.1. The summed E-state index contributed by atoms with van der Waals surface area (Å²) < 4.78 is 2.56. The minimum atomic E-state index is 0.735. The smallest absolute Gasteiger partial charge is 0.211 e. The maximum atomic E-state index is 10.9. The fourth-order valence-electron chi connectivity index (χ4n) is 3.11. The Balaban J connectivity index is 2.11. The Hall–Kier alpha value is -2.65. The van der Waals surface area contributed by atoms with E-state index in [-0.39, 0.29) is 0 Å². The lowest BCUT2D eigenvalue weighted by Gasteiger charge is -2.12. The van der Waals surface area contributed by atoms with Crippen molar-refractivity contribution in [3.63, 3.8) is 0 Å². The molecular weight excluding hydrogens is 302 g/mol. The SMILES string of the molecule is Cc1ccc2c(sc3ccccc32)c1-c1ccccc1NC=O. The molecule has 23 heavy (non-hydrogen) atoms. The largest absolute Gasteiger partial charge is 0.328 e. The number of hydrogen-bond donors (Lipinski definition) is 1. The van der Waals surface area contributed by atoms with Gasteiger partial charge in [0.1, 0.15) is 0 Å². The number of aryl methyl sites for hydroxylation is 1. The van der Waals surface area contributed by atoms with Crippen molar-refractivity contribution >= 4 is 43.6 Å². The van der Waals surface area contributed by atoms with Gasteiger partial charge in [-0.05, 0) is 24.6 Å². The second kappa shape index (κ2) is 5.52. The van der Waals surface area contributed by atoms with Gasteiger partial charge >= 0.3 is 0 Å². The third kappa shape index (κ3) is 2.21. The van der Waals surface area contributed by atoms with Crippen LogP contribution in [0.4, 0.5) is 5.69 Å². The second-order valence-electron chi connectivity index (χ2n) is 5.54. The fraction of sp³-hybridized carbons (Fsp3) is 0.0500. The Kier molecular flexibility index (Phi) is 3.36. The predicted octanol–water partition coefficient (Wildman–Crippen LogP) is 5.60. The number of hydrogen-bond acceptors (Lipinski definition) is 2. The van der Waals surface area contributed by atoms with Crippen molar-refractivity contribution in [2.45, 2.75) is 6.92 Å². The first-order chi connectivity index (χ1) is 11.3. The number of rotatable bonds is 3. The second-order valence-corrected chi connectivity index (χ2v) is 6.59. The molecule has 1 heterocycles. The highest BCUT2D eigenvalue weighted by Gasteiger charge is 2.14. The molecule has 1 amide bonds. The topological polar surface area (TPSA) is 29.1 Å². The molecule has 3 aromatic carbocycles. The van der Waals surface area contributed by atoms with Crippen LogP contribution in [0.5, 0.6) is 0 Å². The van der Waals surface area contributed by atoms with Crippen LogP contribution in [0.2, 0.25) is 0 Å². The van der Waals surface area contributed by atoms with Gasteiger partial charge in [0.15, 0.2) is 0 Å². The van der Waals surface area contributed by atoms with Crippen LogP contribution in [-0.4, -0.2) is 6.41 Å². The Morgan fingerprint density at radius 3 is 2.57 bits per heavy atom. The number of amides is 1. The first-order valence-electron chi connectivity index (χ1n) is 7.50. The minimum Gasteiger partial charge on any atom is -0.328 e. The molecule has 0 saturated carbocycles. The van der Waals surface area contributed by atoms with Crippen LogP contribution in [0, 0.1) is 6.92 Å². The lowest BCUT2D eigenvalue weighted by Crippen LogP contribution is -1.97. The molecule has 0 fully saturated rings. The summed E-state index contributed by atoms with van der Waals surface area (Å²) >= 11 is 1.81. The van der Waals surface area contributed by atoms with Crippen molar-refractivity contribution < 1.29 is 4.79 Å². The molecule has 1 aromatic heterocycles. The highest BCUT2D eigenvalue weighted by molar-refractivity contribution is 7.26. The molecule has 0 saturated heterocycles. The number of carbonyl (C=O) groups excluding carboxylic acids is 1. The Bertz CT molecular complexity index is 1030. The maximum absolute atomic E-state index is 10.9. The molecule has 3 heteroatoms. The first-order valence-corrected chi connectivity index (χ1v) is 8.31. The van der Waals surface area contributed by atoms with Crippen molar-refractivity contribution in [2.24, 2.45) is 0 Å². The zero-order chi connectivity index (χ0) is 15.8. The molecule has 0 radical (unpaired) electrons. The highest BCUT2D eigenvalue weighted by Crippen LogP contribution is 2.43. The summed E-state index contributed by atoms with van der Waals surface area (Å²) in [7, 11) is 0. The number of benzene rings is 3. The van der Waals surface area contributed by atoms with E-state index in [9.17, 15) is 4.79 Å². The third-order valence-electron chi connectivity index (χ3n) is 4.17. The van der Waals surface area contributed by atoms with Crippen LogP contribution in [0.25, 0.3) is 31.3 Å². The van der Waals surface area contributed by atoms with E-state index >= 15 is 0 Å². The van der Waals surface area contributed by atoms with E-state index in [0.29, 0.717) is 0 Å². The summed E-state index contributed by atoms with van der Waals surface area (Å²) in [5.41, 5.74) is 4.32. The van der Waals surface area contributed by atoms with Crippen molar-refractivity contribution in [3.05, 3.63) is 66.2 Å². The molecule has 4 rings (SSSR count). The van der Waals surface area contributed by atoms with Gasteiger partial charge in [-0.2, -0.15) is 0 Å². The molecule has 112 valence electrons. The lowest BCUT2D eigenvalue weighted by atomic mass is 9.96. The van der Waals surface area contributed by atoms with Crippen molar-refractivity contribution in [1.82, 2.24) is 0 Å².